The van der Waals surface area contributed by atoms with Crippen LogP contribution in [0.1, 0.15) is 92.4 Å². The molecule has 0 radical (unpaired) electrons. The first-order valence-corrected chi connectivity index (χ1v) is 12.3. The summed E-state index contributed by atoms with van der Waals surface area (Å²) < 4.78 is 0. The summed E-state index contributed by atoms with van der Waals surface area (Å²) in [6.45, 7) is 10.5. The maximum Gasteiger partial charge on any atom is 0.223 e. The average Bonchev–Trinajstić information content (AvgIpc) is 3.16. The molecule has 0 heterocycles. The topological polar surface area (TPSA) is 60.8 Å². The van der Waals surface area contributed by atoms with Crippen molar-refractivity contribution in [1.29, 1.82) is 0 Å². The molecule has 0 saturated heterocycles. The molecule has 0 unspecified atom stereocenters. The Morgan fingerprint density at radius 1 is 1.20 bits per heavy atom. The van der Waals surface area contributed by atoms with Crippen LogP contribution in [0.2, 0.25) is 0 Å². The summed E-state index contributed by atoms with van der Waals surface area (Å²) in [5, 5.41) is 20.7. The van der Waals surface area contributed by atoms with Crippen molar-refractivity contribution in [2.75, 3.05) is 0 Å². The fourth-order valence-electron chi connectivity index (χ4n) is 5.51. The van der Waals surface area contributed by atoms with E-state index in [1.165, 1.54) is 5.57 Å². The number of carbonyl (C=O) groups is 1. The van der Waals surface area contributed by atoms with Crippen LogP contribution in [0.25, 0.3) is 0 Å². The quantitative estimate of drug-likeness (QED) is 0.336. The molecule has 2 rings (SSSR count). The van der Waals surface area contributed by atoms with Crippen molar-refractivity contribution in [3.8, 4) is 0 Å². The average molecular weight is 420 g/mol. The van der Waals surface area contributed by atoms with Crippen LogP contribution in [0.3, 0.4) is 0 Å². The Morgan fingerprint density at radius 2 is 1.90 bits per heavy atom. The Bertz CT molecular complexity index is 587. The molecule has 0 aromatic heterocycles. The molecular weight excluding hydrogens is 374 g/mol. The summed E-state index contributed by atoms with van der Waals surface area (Å²) in [6.07, 6.45) is 14.2. The predicted octanol–water partition coefficient (Wildman–Crippen LogP) is 5.24. The van der Waals surface area contributed by atoms with E-state index in [1.54, 1.807) is 0 Å². The van der Waals surface area contributed by atoms with Gasteiger partial charge in [0.15, 0.2) is 0 Å². The van der Waals surface area contributed by atoms with Gasteiger partial charge >= 0.3 is 0 Å². The summed E-state index contributed by atoms with van der Waals surface area (Å²) in [7, 11) is 0. The molecule has 0 bridgehead atoms. The normalized spacial score (nSPS) is 27.2. The minimum Gasteiger partial charge on any atom is -0.392 e. The van der Waals surface area contributed by atoms with Gasteiger partial charge in [-0.05, 0) is 71.6 Å². The molecule has 172 valence electrons. The first-order valence-electron chi connectivity index (χ1n) is 12.3. The maximum absolute atomic E-state index is 12.6. The van der Waals surface area contributed by atoms with Crippen molar-refractivity contribution in [3.63, 3.8) is 0 Å². The van der Waals surface area contributed by atoms with Gasteiger partial charge in [-0.25, -0.2) is 0 Å². The zero-order valence-corrected chi connectivity index (χ0v) is 19.9. The number of nitrogens with zero attached hydrogens (tertiary/aromatic N) is 1. The van der Waals surface area contributed by atoms with Crippen molar-refractivity contribution < 1.29 is 15.0 Å². The second kappa shape index (κ2) is 12.0. The van der Waals surface area contributed by atoms with Crippen LogP contribution < -0.4 is 0 Å². The summed E-state index contributed by atoms with van der Waals surface area (Å²) in [5.74, 6) is 1.30. The van der Waals surface area contributed by atoms with Gasteiger partial charge in [-0.2, -0.15) is 0 Å². The van der Waals surface area contributed by atoms with E-state index >= 15 is 0 Å². The van der Waals surface area contributed by atoms with Crippen molar-refractivity contribution in [2.45, 2.75) is 117 Å². The molecular formula is C26H45NO3. The van der Waals surface area contributed by atoms with E-state index in [1.807, 2.05) is 11.0 Å². The SMILES string of the molecule is CCCCC[C@H](O)C=C[C@@H]1[C@H]2CC(CCCC(=O)N(C(C)C)C(C)C)=C[C@H]2C[C@H]1O. The van der Waals surface area contributed by atoms with E-state index in [-0.39, 0.29) is 30.0 Å². The number of carbonyl (C=O) groups excluding carboxylic acids is 1. The van der Waals surface area contributed by atoms with Gasteiger partial charge in [0.2, 0.25) is 5.91 Å². The molecule has 2 N–H and O–H groups in total. The summed E-state index contributed by atoms with van der Waals surface area (Å²) in [6, 6.07) is 0.489. The zero-order chi connectivity index (χ0) is 22.3. The molecule has 0 aromatic carbocycles. The maximum atomic E-state index is 12.6. The van der Waals surface area contributed by atoms with Crippen LogP contribution in [-0.2, 0) is 4.79 Å². The van der Waals surface area contributed by atoms with Crippen LogP contribution >= 0.6 is 0 Å². The highest BCUT2D eigenvalue weighted by Gasteiger charge is 2.43. The number of amides is 1. The van der Waals surface area contributed by atoms with Crippen LogP contribution in [0.15, 0.2) is 23.8 Å². The zero-order valence-electron chi connectivity index (χ0n) is 19.9. The van der Waals surface area contributed by atoms with Gasteiger partial charge in [0.1, 0.15) is 0 Å². The lowest BCUT2D eigenvalue weighted by Crippen LogP contribution is -2.41. The van der Waals surface area contributed by atoms with E-state index in [2.05, 4.69) is 46.8 Å². The van der Waals surface area contributed by atoms with Gasteiger partial charge in [-0.3, -0.25) is 4.79 Å². The van der Waals surface area contributed by atoms with Crippen molar-refractivity contribution in [3.05, 3.63) is 23.8 Å². The number of hydrogen-bond acceptors (Lipinski definition) is 3. The highest BCUT2D eigenvalue weighted by molar-refractivity contribution is 5.76. The summed E-state index contributed by atoms with van der Waals surface area (Å²) in [5.41, 5.74) is 1.45. The molecule has 1 amide bonds. The van der Waals surface area contributed by atoms with Gasteiger partial charge in [0, 0.05) is 24.4 Å². The lowest BCUT2D eigenvalue weighted by Gasteiger charge is -2.31. The Kier molecular flexibility index (Phi) is 10.1. The number of unbranched alkanes of at least 4 members (excludes halogenated alkanes) is 2. The van der Waals surface area contributed by atoms with E-state index in [0.717, 1.165) is 51.4 Å². The van der Waals surface area contributed by atoms with Gasteiger partial charge < -0.3 is 15.1 Å². The lowest BCUT2D eigenvalue weighted by molar-refractivity contribution is -0.134. The summed E-state index contributed by atoms with van der Waals surface area (Å²) >= 11 is 0. The highest BCUT2D eigenvalue weighted by Crippen LogP contribution is 2.48. The van der Waals surface area contributed by atoms with E-state index in [0.29, 0.717) is 18.3 Å². The summed E-state index contributed by atoms with van der Waals surface area (Å²) in [4.78, 5) is 14.6. The van der Waals surface area contributed by atoms with Gasteiger partial charge in [0.05, 0.1) is 12.2 Å². The highest BCUT2D eigenvalue weighted by atomic mass is 16.3. The standard InChI is InChI=1S/C26H45NO3/c1-6-7-8-11-22(28)13-14-23-24-16-20(15-21(24)17-25(23)29)10-9-12-26(30)27(18(2)3)19(4)5/h13-15,18-19,21-25,28-29H,6-12,16-17H2,1-5H3/t21-,22-,23+,24-,25+/m0/s1. The second-order valence-corrected chi connectivity index (χ2v) is 10.0. The molecule has 4 nitrogen and oxygen atoms in total. The van der Waals surface area contributed by atoms with E-state index in [4.69, 9.17) is 0 Å². The Morgan fingerprint density at radius 3 is 2.53 bits per heavy atom. The number of aliphatic hydroxyl groups is 2. The van der Waals surface area contributed by atoms with Crippen molar-refractivity contribution in [2.24, 2.45) is 17.8 Å². The Hall–Kier alpha value is -1.13. The number of hydrogen-bond donors (Lipinski definition) is 2. The van der Waals surface area contributed by atoms with E-state index < -0.39 is 6.10 Å². The van der Waals surface area contributed by atoms with Crippen molar-refractivity contribution >= 4 is 5.91 Å². The minimum absolute atomic E-state index is 0.142. The molecule has 2 aliphatic rings. The van der Waals surface area contributed by atoms with Gasteiger partial charge in [0.25, 0.3) is 0 Å². The molecule has 4 heteroatoms. The smallest absolute Gasteiger partial charge is 0.223 e. The number of allylic oxidation sites excluding steroid dienone is 2. The first-order chi connectivity index (χ1) is 14.2. The van der Waals surface area contributed by atoms with Gasteiger partial charge in [-0.15, -0.1) is 0 Å². The Balaban J connectivity index is 1.81. The third kappa shape index (κ3) is 6.95. The second-order valence-electron chi connectivity index (χ2n) is 10.0. The fraction of sp³-hybridized carbons (Fsp3) is 0.808. The third-order valence-electron chi connectivity index (χ3n) is 6.90. The molecule has 30 heavy (non-hydrogen) atoms. The molecule has 1 saturated carbocycles. The predicted molar refractivity (Wildman–Crippen MR) is 124 cm³/mol. The first kappa shape index (κ1) is 25.1. The van der Waals surface area contributed by atoms with Crippen LogP contribution in [0.5, 0.6) is 0 Å². The monoisotopic (exact) mass is 419 g/mol. The van der Waals surface area contributed by atoms with Crippen LogP contribution in [0, 0.1) is 17.8 Å². The minimum atomic E-state index is -0.396. The number of rotatable bonds is 12. The molecule has 0 aliphatic heterocycles. The number of fused-ring (bicyclic) bond motifs is 1. The fourth-order valence-corrected chi connectivity index (χ4v) is 5.51. The van der Waals surface area contributed by atoms with Crippen LogP contribution in [0.4, 0.5) is 0 Å². The molecule has 1 fully saturated rings. The molecule has 5 atom stereocenters. The Labute approximate surface area is 184 Å². The van der Waals surface area contributed by atoms with Gasteiger partial charge in [-0.1, -0.05) is 50.0 Å². The lowest BCUT2D eigenvalue weighted by atomic mass is 9.88. The van der Waals surface area contributed by atoms with Crippen molar-refractivity contribution in [1.82, 2.24) is 4.90 Å². The third-order valence-corrected chi connectivity index (χ3v) is 6.90. The largest absolute Gasteiger partial charge is 0.392 e. The number of aliphatic hydroxyl groups excluding tert-OH is 2. The molecule has 0 spiro atoms. The molecule has 0 aromatic rings. The van der Waals surface area contributed by atoms with Crippen LogP contribution in [-0.4, -0.2) is 45.3 Å². The molecule has 2 aliphatic carbocycles. The van der Waals surface area contributed by atoms with E-state index in [9.17, 15) is 15.0 Å².